The van der Waals surface area contributed by atoms with E-state index in [0.29, 0.717) is 0 Å². The number of nitrogens with zero attached hydrogens (tertiary/aromatic N) is 2. The van der Waals surface area contributed by atoms with Crippen molar-refractivity contribution in [3.63, 3.8) is 0 Å². The van der Waals surface area contributed by atoms with Gasteiger partial charge in [0.25, 0.3) is 0 Å². The van der Waals surface area contributed by atoms with Crippen LogP contribution in [-0.4, -0.2) is 11.4 Å². The molecule has 0 saturated carbocycles. The molecule has 2 rings (SSSR count). The quantitative estimate of drug-likeness (QED) is 0.0358. The summed E-state index contributed by atoms with van der Waals surface area (Å²) in [5.41, 5.74) is 7.50. The Morgan fingerprint density at radius 3 is 0.600 bits per heavy atom. The maximum Gasteiger partial charge on any atom is 0.0633 e. The fourth-order valence-corrected chi connectivity index (χ4v) is 12.1. The summed E-state index contributed by atoms with van der Waals surface area (Å²) in [6.45, 7) is 9.22. The first-order valence-corrected chi connectivity index (χ1v) is 36.5. The molecular formula is C77H138N2Ni. The van der Waals surface area contributed by atoms with Gasteiger partial charge in [-0.15, -0.1) is 0 Å². The number of hydrogen-bond acceptors (Lipinski definition) is 2. The van der Waals surface area contributed by atoms with E-state index >= 15 is 0 Å². The van der Waals surface area contributed by atoms with Crippen LogP contribution < -0.4 is 0 Å². The van der Waals surface area contributed by atoms with E-state index in [1.165, 1.54) is 382 Å². The molecule has 0 saturated heterocycles. The molecule has 0 aliphatic rings. The third kappa shape index (κ3) is 49.7. The van der Waals surface area contributed by atoms with Gasteiger partial charge in [-0.3, -0.25) is 9.98 Å². The summed E-state index contributed by atoms with van der Waals surface area (Å²) >= 11 is 0. The molecule has 0 atom stereocenters. The predicted octanol–water partition coefficient (Wildman–Crippen LogP) is 27.9. The van der Waals surface area contributed by atoms with E-state index in [1.807, 2.05) is 0 Å². The number of unbranched alkanes of at least 4 members (excludes halogenated alkanes) is 51. The second-order valence-corrected chi connectivity index (χ2v) is 25.5. The van der Waals surface area contributed by atoms with Gasteiger partial charge in [0.1, 0.15) is 0 Å². The number of aliphatic imine (C=N–C) groups is 2. The molecule has 0 amide bonds. The van der Waals surface area contributed by atoms with Crippen molar-refractivity contribution in [1.29, 1.82) is 0 Å². The van der Waals surface area contributed by atoms with Crippen LogP contribution in [0.25, 0.3) is 0 Å². The molecule has 0 heterocycles. The summed E-state index contributed by atoms with van der Waals surface area (Å²) in [7, 11) is 0. The van der Waals surface area contributed by atoms with Crippen molar-refractivity contribution in [2.45, 2.75) is 407 Å². The standard InChI is InChI=1S/C77H138N2.Ni/c1-5-9-13-15-17-19-21-23-25-27-29-31-33-35-37-39-41-43-45-47-49-51-53-55-58-60-72-64-68-74(69-65-72)78-76(62-12-8-4)77(63-57-11-7-3)79-75-70-66-73(67-71-75)61-59-56-54-52-50-48-46-44-42-40-38-36-34-32-30-28-26-24-22-20-18-16-14-10-6-2;/h64-71H,5-63H2,1-4H3;/b78-76+,79-77+;. The Morgan fingerprint density at radius 2 is 0.388 bits per heavy atom. The Bertz CT molecular complexity index is 1580. The van der Waals surface area contributed by atoms with Crippen molar-refractivity contribution >= 4 is 22.8 Å². The van der Waals surface area contributed by atoms with E-state index in [9.17, 15) is 0 Å². The van der Waals surface area contributed by atoms with Gasteiger partial charge >= 0.3 is 0 Å². The van der Waals surface area contributed by atoms with E-state index in [-0.39, 0.29) is 16.5 Å². The van der Waals surface area contributed by atoms with Crippen LogP contribution in [0.2, 0.25) is 0 Å². The van der Waals surface area contributed by atoms with Gasteiger partial charge in [0.2, 0.25) is 0 Å². The molecule has 0 fully saturated rings. The molecular weight excluding hydrogens is 1010 g/mol. The molecule has 2 aromatic carbocycles. The van der Waals surface area contributed by atoms with Gasteiger partial charge in [-0.05, 0) is 86.8 Å². The first-order chi connectivity index (χ1) is 39.2. The summed E-state index contributed by atoms with van der Waals surface area (Å²) in [5, 5.41) is 0. The summed E-state index contributed by atoms with van der Waals surface area (Å²) in [5.74, 6) is 0. The van der Waals surface area contributed by atoms with Crippen LogP contribution in [0.3, 0.4) is 0 Å². The molecule has 2 aromatic rings. The average Bonchev–Trinajstić information content (AvgIpc) is 3.47. The number of hydrogen-bond donors (Lipinski definition) is 0. The third-order valence-electron chi connectivity index (χ3n) is 17.7. The predicted molar refractivity (Wildman–Crippen MR) is 360 cm³/mol. The fraction of sp³-hybridized carbons (Fsp3) is 0.818. The van der Waals surface area contributed by atoms with Crippen molar-refractivity contribution in [1.82, 2.24) is 0 Å². The largest absolute Gasteiger partial charge is 0.252 e. The van der Waals surface area contributed by atoms with Crippen molar-refractivity contribution in [3.05, 3.63) is 59.7 Å². The fourth-order valence-electron chi connectivity index (χ4n) is 12.1. The first-order valence-electron chi connectivity index (χ1n) is 36.5. The van der Waals surface area contributed by atoms with Crippen molar-refractivity contribution in [2.75, 3.05) is 0 Å². The van der Waals surface area contributed by atoms with Crippen LogP contribution in [0.15, 0.2) is 58.5 Å². The number of rotatable bonds is 62. The van der Waals surface area contributed by atoms with E-state index < -0.39 is 0 Å². The van der Waals surface area contributed by atoms with Crippen LogP contribution in [0, 0.1) is 0 Å². The minimum Gasteiger partial charge on any atom is -0.252 e. The zero-order chi connectivity index (χ0) is 56.3. The smallest absolute Gasteiger partial charge is 0.0633 e. The third-order valence-corrected chi connectivity index (χ3v) is 17.7. The molecule has 0 aliphatic heterocycles. The monoisotopic (exact) mass is 1150 g/mol. The van der Waals surface area contributed by atoms with Crippen LogP contribution in [0.4, 0.5) is 11.4 Å². The molecule has 0 unspecified atom stereocenters. The molecule has 3 heteroatoms. The Labute approximate surface area is 512 Å². The minimum atomic E-state index is 0. The molecule has 0 bridgehead atoms. The SMILES string of the molecule is CCCCCCCCCCCCCCCCCCCCCCCCCCCc1ccc(/N=C(CCCC)/C(CCCCC)=N/c2ccc(CCCCCCCCCCCCCCCCCCCCCCCCCCC)cc2)cc1.[Ni]. The second kappa shape index (κ2) is 61.8. The Balaban J connectivity index is 0.0000320. The van der Waals surface area contributed by atoms with E-state index in [2.05, 4.69) is 76.2 Å². The molecule has 0 aromatic heterocycles. The minimum absolute atomic E-state index is 0. The maximum absolute atomic E-state index is 5.34. The summed E-state index contributed by atoms with van der Waals surface area (Å²) < 4.78 is 0. The molecule has 80 heavy (non-hydrogen) atoms. The maximum atomic E-state index is 5.34. The Kier molecular flexibility index (Phi) is 59.0. The van der Waals surface area contributed by atoms with Crippen LogP contribution in [-0.2, 0) is 29.3 Å². The average molecular weight is 1150 g/mol. The molecule has 2 nitrogen and oxygen atoms in total. The zero-order valence-corrected chi connectivity index (χ0v) is 55.5. The van der Waals surface area contributed by atoms with Crippen molar-refractivity contribution in [3.8, 4) is 0 Å². The van der Waals surface area contributed by atoms with Gasteiger partial charge in [0, 0.05) is 16.5 Å². The molecule has 0 radical (unpaired) electrons. The van der Waals surface area contributed by atoms with Crippen LogP contribution >= 0.6 is 0 Å². The second-order valence-electron chi connectivity index (χ2n) is 25.5. The van der Waals surface area contributed by atoms with E-state index in [4.69, 9.17) is 9.98 Å². The molecule has 0 aliphatic carbocycles. The van der Waals surface area contributed by atoms with Gasteiger partial charge < -0.3 is 0 Å². The van der Waals surface area contributed by atoms with Gasteiger partial charge in [0.05, 0.1) is 22.8 Å². The number of benzene rings is 2. The first kappa shape index (κ1) is 76.3. The van der Waals surface area contributed by atoms with Gasteiger partial charge in [-0.25, -0.2) is 0 Å². The van der Waals surface area contributed by atoms with Crippen LogP contribution in [0.5, 0.6) is 0 Å². The Morgan fingerprint density at radius 1 is 0.212 bits per heavy atom. The van der Waals surface area contributed by atoms with Gasteiger partial charge in [-0.2, -0.15) is 0 Å². The Hall–Kier alpha value is -1.73. The van der Waals surface area contributed by atoms with E-state index in [0.717, 1.165) is 30.6 Å². The number of aryl methyl sites for hydroxylation is 2. The summed E-state index contributed by atoms with van der Waals surface area (Å²) in [4.78, 5) is 10.7. The summed E-state index contributed by atoms with van der Waals surface area (Å²) in [6.07, 6.45) is 82.7. The summed E-state index contributed by atoms with van der Waals surface area (Å²) in [6, 6.07) is 18.4. The van der Waals surface area contributed by atoms with Gasteiger partial charge in [-0.1, -0.05) is 379 Å². The van der Waals surface area contributed by atoms with Crippen LogP contribution in [0.1, 0.15) is 405 Å². The van der Waals surface area contributed by atoms with Gasteiger partial charge in [0.15, 0.2) is 0 Å². The normalized spacial score (nSPS) is 12.0. The van der Waals surface area contributed by atoms with E-state index in [1.54, 1.807) is 0 Å². The molecule has 0 N–H and O–H groups in total. The zero-order valence-electron chi connectivity index (χ0n) is 54.5. The molecule has 466 valence electrons. The van der Waals surface area contributed by atoms with Crippen molar-refractivity contribution in [2.24, 2.45) is 9.98 Å². The topological polar surface area (TPSA) is 24.7 Å². The molecule has 0 spiro atoms. The van der Waals surface area contributed by atoms with Crippen molar-refractivity contribution < 1.29 is 16.5 Å².